The van der Waals surface area contributed by atoms with Crippen molar-refractivity contribution in [3.63, 3.8) is 0 Å². The van der Waals surface area contributed by atoms with E-state index in [0.717, 1.165) is 11.3 Å². The van der Waals surface area contributed by atoms with Gasteiger partial charge in [-0.25, -0.2) is 4.79 Å². The summed E-state index contributed by atoms with van der Waals surface area (Å²) in [6.07, 6.45) is -0.0732. The molecular formula is C11H15NO3. The molecule has 0 aliphatic carbocycles. The topological polar surface area (TPSA) is 61.6 Å². The van der Waals surface area contributed by atoms with Crippen molar-refractivity contribution in [1.29, 1.82) is 0 Å². The Morgan fingerprint density at radius 1 is 1.33 bits per heavy atom. The number of carbonyl (C=O) groups is 1. The Kier molecular flexibility index (Phi) is 4.47. The highest BCUT2D eigenvalue weighted by atomic mass is 16.5. The summed E-state index contributed by atoms with van der Waals surface area (Å²) in [4.78, 5) is 10.3. The van der Waals surface area contributed by atoms with Gasteiger partial charge in [0.1, 0.15) is 5.75 Å². The van der Waals surface area contributed by atoms with Gasteiger partial charge in [-0.05, 0) is 24.6 Å². The molecular weight excluding hydrogens is 194 g/mol. The van der Waals surface area contributed by atoms with Crippen LogP contribution in [0.25, 0.3) is 0 Å². The molecule has 0 fully saturated rings. The van der Waals surface area contributed by atoms with E-state index < -0.39 is 6.09 Å². The third-order valence-electron chi connectivity index (χ3n) is 1.87. The fraction of sp³-hybridized carbons (Fsp3) is 0.364. The van der Waals surface area contributed by atoms with E-state index in [0.29, 0.717) is 19.6 Å². The minimum absolute atomic E-state index is 0.309. The van der Waals surface area contributed by atoms with Crippen LogP contribution in [0.3, 0.4) is 0 Å². The largest absolute Gasteiger partial charge is 0.494 e. The molecule has 0 heterocycles. The van der Waals surface area contributed by atoms with Gasteiger partial charge in [0.15, 0.2) is 0 Å². The van der Waals surface area contributed by atoms with Crippen molar-refractivity contribution in [3.8, 4) is 5.75 Å². The predicted octanol–water partition coefficient (Wildman–Crippen LogP) is 1.72. The summed E-state index contributed by atoms with van der Waals surface area (Å²) >= 11 is 0. The third kappa shape index (κ3) is 4.35. The summed E-state index contributed by atoms with van der Waals surface area (Å²) in [6.45, 7) is 2.90. The lowest BCUT2D eigenvalue weighted by molar-refractivity contribution is 0.158. The van der Waals surface area contributed by atoms with E-state index in [-0.39, 0.29) is 0 Å². The third-order valence-corrected chi connectivity index (χ3v) is 1.87. The predicted molar refractivity (Wildman–Crippen MR) is 56.9 cm³/mol. The Labute approximate surface area is 89.0 Å². The molecule has 0 aliphatic rings. The first kappa shape index (κ1) is 11.4. The molecule has 1 aromatic carbocycles. The van der Waals surface area contributed by atoms with Gasteiger partial charge in [0.2, 0.25) is 0 Å². The van der Waals surface area contributed by atoms with Crippen LogP contribution in [-0.2, 0) is 11.2 Å². The second-order valence-corrected chi connectivity index (χ2v) is 2.99. The zero-order valence-corrected chi connectivity index (χ0v) is 8.73. The van der Waals surface area contributed by atoms with Gasteiger partial charge in [0, 0.05) is 6.42 Å². The number of rotatable bonds is 5. The molecule has 15 heavy (non-hydrogen) atoms. The molecule has 4 heteroatoms. The molecule has 0 bridgehead atoms. The lowest BCUT2D eigenvalue weighted by Gasteiger charge is -2.05. The number of hydrogen-bond donors (Lipinski definition) is 1. The molecule has 0 saturated carbocycles. The molecule has 82 valence electrons. The number of benzene rings is 1. The monoisotopic (exact) mass is 209 g/mol. The quantitative estimate of drug-likeness (QED) is 0.803. The maximum absolute atomic E-state index is 10.3. The van der Waals surface area contributed by atoms with E-state index in [9.17, 15) is 4.79 Å². The van der Waals surface area contributed by atoms with Gasteiger partial charge < -0.3 is 15.2 Å². The Morgan fingerprint density at radius 3 is 2.53 bits per heavy atom. The second kappa shape index (κ2) is 5.90. The van der Waals surface area contributed by atoms with Gasteiger partial charge in [-0.1, -0.05) is 12.1 Å². The summed E-state index contributed by atoms with van der Waals surface area (Å²) < 4.78 is 9.93. The molecule has 2 N–H and O–H groups in total. The van der Waals surface area contributed by atoms with Crippen molar-refractivity contribution in [2.45, 2.75) is 13.3 Å². The molecule has 1 amide bonds. The van der Waals surface area contributed by atoms with Gasteiger partial charge >= 0.3 is 6.09 Å². The van der Waals surface area contributed by atoms with E-state index in [4.69, 9.17) is 10.5 Å². The highest BCUT2D eigenvalue weighted by Gasteiger charge is 1.97. The zero-order chi connectivity index (χ0) is 11.1. The van der Waals surface area contributed by atoms with Crippen LogP contribution >= 0.6 is 0 Å². The molecule has 0 saturated heterocycles. The molecule has 0 spiro atoms. The van der Waals surface area contributed by atoms with Crippen LogP contribution in [0.5, 0.6) is 5.75 Å². The molecule has 0 aliphatic heterocycles. The van der Waals surface area contributed by atoms with E-state index >= 15 is 0 Å². The minimum atomic E-state index is -0.735. The first-order chi connectivity index (χ1) is 7.22. The van der Waals surface area contributed by atoms with Crippen molar-refractivity contribution in [1.82, 2.24) is 0 Å². The summed E-state index contributed by atoms with van der Waals surface area (Å²) in [6, 6.07) is 7.66. The average Bonchev–Trinajstić information content (AvgIpc) is 2.20. The number of hydrogen-bond acceptors (Lipinski definition) is 3. The van der Waals surface area contributed by atoms with Crippen molar-refractivity contribution in [2.75, 3.05) is 13.2 Å². The number of ether oxygens (including phenoxy) is 2. The number of nitrogens with two attached hydrogens (primary N) is 1. The number of amides is 1. The van der Waals surface area contributed by atoms with Crippen molar-refractivity contribution in [2.24, 2.45) is 5.73 Å². The normalized spacial score (nSPS) is 9.67. The minimum Gasteiger partial charge on any atom is -0.494 e. The van der Waals surface area contributed by atoms with Crippen molar-refractivity contribution >= 4 is 6.09 Å². The average molecular weight is 209 g/mol. The standard InChI is InChI=1S/C11H15NO3/c1-2-14-10-5-3-9(4-6-10)7-8-15-11(12)13/h3-6H,2,7-8H2,1H3,(H2,12,13). The fourth-order valence-corrected chi connectivity index (χ4v) is 1.19. The van der Waals surface area contributed by atoms with Crippen LogP contribution in [0.1, 0.15) is 12.5 Å². The maximum Gasteiger partial charge on any atom is 0.404 e. The fourth-order valence-electron chi connectivity index (χ4n) is 1.19. The summed E-state index contributed by atoms with van der Waals surface area (Å²) in [7, 11) is 0. The maximum atomic E-state index is 10.3. The summed E-state index contributed by atoms with van der Waals surface area (Å²) in [5.41, 5.74) is 5.92. The molecule has 4 nitrogen and oxygen atoms in total. The Hall–Kier alpha value is -1.71. The zero-order valence-electron chi connectivity index (χ0n) is 8.73. The van der Waals surface area contributed by atoms with Gasteiger partial charge in [0.25, 0.3) is 0 Å². The molecule has 0 radical (unpaired) electrons. The van der Waals surface area contributed by atoms with Crippen LogP contribution < -0.4 is 10.5 Å². The van der Waals surface area contributed by atoms with Crippen LogP contribution in [-0.4, -0.2) is 19.3 Å². The smallest absolute Gasteiger partial charge is 0.404 e. The molecule has 0 unspecified atom stereocenters. The molecule has 0 atom stereocenters. The number of primary amides is 1. The van der Waals surface area contributed by atoms with E-state index in [2.05, 4.69) is 4.74 Å². The summed E-state index contributed by atoms with van der Waals surface area (Å²) in [5, 5.41) is 0. The number of carbonyl (C=O) groups excluding carboxylic acids is 1. The lowest BCUT2D eigenvalue weighted by Crippen LogP contribution is -2.14. The van der Waals surface area contributed by atoms with Crippen LogP contribution in [0.15, 0.2) is 24.3 Å². The van der Waals surface area contributed by atoms with E-state index in [1.54, 1.807) is 0 Å². The summed E-state index contributed by atoms with van der Waals surface area (Å²) in [5.74, 6) is 0.845. The van der Waals surface area contributed by atoms with Gasteiger partial charge in [0.05, 0.1) is 13.2 Å². The van der Waals surface area contributed by atoms with Crippen molar-refractivity contribution in [3.05, 3.63) is 29.8 Å². The highest BCUT2D eigenvalue weighted by Crippen LogP contribution is 2.12. The van der Waals surface area contributed by atoms with E-state index in [1.165, 1.54) is 0 Å². The van der Waals surface area contributed by atoms with Gasteiger partial charge in [-0.15, -0.1) is 0 Å². The Balaban J connectivity index is 2.39. The van der Waals surface area contributed by atoms with Crippen LogP contribution in [0, 0.1) is 0 Å². The molecule has 1 rings (SSSR count). The van der Waals surface area contributed by atoms with Crippen LogP contribution in [0.2, 0.25) is 0 Å². The highest BCUT2D eigenvalue weighted by molar-refractivity contribution is 5.64. The van der Waals surface area contributed by atoms with E-state index in [1.807, 2.05) is 31.2 Å². The lowest BCUT2D eigenvalue weighted by atomic mass is 10.1. The SMILES string of the molecule is CCOc1ccc(CCOC(N)=O)cc1. The first-order valence-electron chi connectivity index (χ1n) is 4.86. The second-order valence-electron chi connectivity index (χ2n) is 2.99. The Morgan fingerprint density at radius 2 is 2.00 bits per heavy atom. The van der Waals surface area contributed by atoms with Gasteiger partial charge in [-0.2, -0.15) is 0 Å². The van der Waals surface area contributed by atoms with Crippen LogP contribution in [0.4, 0.5) is 4.79 Å². The molecule has 0 aromatic heterocycles. The molecule has 1 aromatic rings. The first-order valence-corrected chi connectivity index (χ1v) is 4.86. The van der Waals surface area contributed by atoms with Crippen molar-refractivity contribution < 1.29 is 14.3 Å². The van der Waals surface area contributed by atoms with Gasteiger partial charge in [-0.3, -0.25) is 0 Å². The Bertz CT molecular complexity index is 308.